The molecule has 5 rings (SSSR count). The number of hydrogen-bond donors (Lipinski definition) is 0. The number of rotatable bonds is 2. The van der Waals surface area contributed by atoms with Gasteiger partial charge in [0.1, 0.15) is 0 Å². The van der Waals surface area contributed by atoms with Crippen molar-refractivity contribution in [3.05, 3.63) is 96.6 Å². The summed E-state index contributed by atoms with van der Waals surface area (Å²) in [5.41, 5.74) is 6.82. The molecule has 0 spiro atoms. The predicted molar refractivity (Wildman–Crippen MR) is 117 cm³/mol. The highest BCUT2D eigenvalue weighted by Gasteiger charge is 2.16. The second-order valence-electron chi connectivity index (χ2n) is 7.22. The Hall–Kier alpha value is -3.52. The molecular formula is C26H20N2. The Balaban J connectivity index is 1.96. The second kappa shape index (κ2) is 6.58. The van der Waals surface area contributed by atoms with Crippen molar-refractivity contribution in [2.24, 2.45) is 0 Å². The van der Waals surface area contributed by atoms with E-state index in [1.165, 1.54) is 32.7 Å². The Morgan fingerprint density at radius 1 is 0.464 bits per heavy atom. The minimum atomic E-state index is 1.03. The number of aryl methyl sites for hydroxylation is 2. The molecule has 134 valence electrons. The molecule has 3 aromatic carbocycles. The first-order valence-corrected chi connectivity index (χ1v) is 9.52. The second-order valence-corrected chi connectivity index (χ2v) is 7.22. The van der Waals surface area contributed by atoms with Crippen LogP contribution in [-0.4, -0.2) is 9.97 Å². The molecule has 0 saturated carbocycles. The van der Waals surface area contributed by atoms with Gasteiger partial charge in [-0.3, -0.25) is 9.97 Å². The third-order valence-corrected chi connectivity index (χ3v) is 5.33. The van der Waals surface area contributed by atoms with E-state index in [1.807, 2.05) is 26.2 Å². The average Bonchev–Trinajstić information content (AvgIpc) is 2.74. The smallest absolute Gasteiger partial charge is 0.0373 e. The van der Waals surface area contributed by atoms with E-state index >= 15 is 0 Å². The number of pyridine rings is 2. The van der Waals surface area contributed by atoms with Gasteiger partial charge in [0.2, 0.25) is 0 Å². The van der Waals surface area contributed by atoms with Crippen molar-refractivity contribution in [2.75, 3.05) is 0 Å². The van der Waals surface area contributed by atoms with E-state index in [0.29, 0.717) is 0 Å². The summed E-state index contributed by atoms with van der Waals surface area (Å²) in [7, 11) is 0. The van der Waals surface area contributed by atoms with Crippen LogP contribution in [-0.2, 0) is 0 Å². The highest BCUT2D eigenvalue weighted by Crippen LogP contribution is 2.43. The molecule has 2 heteroatoms. The Morgan fingerprint density at radius 2 is 0.821 bits per heavy atom. The summed E-state index contributed by atoms with van der Waals surface area (Å²) in [5, 5.41) is 4.95. The van der Waals surface area contributed by atoms with Gasteiger partial charge in [-0.2, -0.15) is 0 Å². The van der Waals surface area contributed by atoms with Crippen LogP contribution in [0.1, 0.15) is 11.4 Å². The fourth-order valence-electron chi connectivity index (χ4n) is 3.98. The fourth-order valence-corrected chi connectivity index (χ4v) is 3.98. The monoisotopic (exact) mass is 360 g/mol. The van der Waals surface area contributed by atoms with Crippen molar-refractivity contribution in [1.29, 1.82) is 0 Å². The van der Waals surface area contributed by atoms with Gasteiger partial charge in [0.15, 0.2) is 0 Å². The molecule has 2 heterocycles. The van der Waals surface area contributed by atoms with E-state index in [9.17, 15) is 0 Å². The quantitative estimate of drug-likeness (QED) is 0.326. The molecule has 0 N–H and O–H groups in total. The van der Waals surface area contributed by atoms with Gasteiger partial charge in [-0.1, -0.05) is 60.7 Å². The van der Waals surface area contributed by atoms with E-state index in [4.69, 9.17) is 0 Å². The molecule has 2 nitrogen and oxygen atoms in total. The lowest BCUT2D eigenvalue weighted by molar-refractivity contribution is 1.20. The first-order chi connectivity index (χ1) is 13.7. The van der Waals surface area contributed by atoms with E-state index in [2.05, 4.69) is 82.8 Å². The zero-order valence-electron chi connectivity index (χ0n) is 16.0. The van der Waals surface area contributed by atoms with E-state index < -0.39 is 0 Å². The third kappa shape index (κ3) is 2.66. The molecule has 0 unspecified atom stereocenters. The Morgan fingerprint density at radius 3 is 1.11 bits per heavy atom. The molecule has 0 saturated heterocycles. The van der Waals surface area contributed by atoms with Crippen molar-refractivity contribution in [3.63, 3.8) is 0 Å². The van der Waals surface area contributed by atoms with Gasteiger partial charge in [0.05, 0.1) is 0 Å². The van der Waals surface area contributed by atoms with Crippen LogP contribution in [0.3, 0.4) is 0 Å². The molecule has 28 heavy (non-hydrogen) atoms. The van der Waals surface area contributed by atoms with Gasteiger partial charge in [0, 0.05) is 34.9 Å². The van der Waals surface area contributed by atoms with E-state index in [-0.39, 0.29) is 0 Å². The summed E-state index contributed by atoms with van der Waals surface area (Å²) in [6, 6.07) is 25.8. The number of nitrogens with zero attached hydrogens (tertiary/aromatic N) is 2. The Kier molecular flexibility index (Phi) is 3.91. The van der Waals surface area contributed by atoms with Gasteiger partial charge in [0.25, 0.3) is 0 Å². The molecule has 0 atom stereocenters. The summed E-state index contributed by atoms with van der Waals surface area (Å²) in [6.45, 7) is 4.04. The van der Waals surface area contributed by atoms with Crippen molar-refractivity contribution in [2.45, 2.75) is 13.8 Å². The van der Waals surface area contributed by atoms with Gasteiger partial charge in [-0.05, 0) is 58.7 Å². The summed E-state index contributed by atoms with van der Waals surface area (Å²) in [4.78, 5) is 9.10. The van der Waals surface area contributed by atoms with Gasteiger partial charge in [-0.15, -0.1) is 0 Å². The van der Waals surface area contributed by atoms with Crippen molar-refractivity contribution >= 4 is 21.5 Å². The molecule has 2 aromatic heterocycles. The average molecular weight is 360 g/mol. The standard InChI is InChI=1S/C26H20N2/c1-17-11-13-19(15-27-17)25-21-7-3-5-9-23(21)26(20-14-12-18(2)28-16-20)24-10-6-4-8-22(24)25/h3-16H,1-2H3. The molecule has 0 aliphatic heterocycles. The minimum absolute atomic E-state index is 1.03. The lowest BCUT2D eigenvalue weighted by atomic mass is 9.87. The fraction of sp³-hybridized carbons (Fsp3) is 0.0769. The summed E-state index contributed by atoms with van der Waals surface area (Å²) in [6.07, 6.45) is 3.97. The molecule has 0 radical (unpaired) electrons. The van der Waals surface area contributed by atoms with E-state index in [1.54, 1.807) is 0 Å². The molecule has 0 amide bonds. The van der Waals surface area contributed by atoms with Crippen LogP contribution in [0.25, 0.3) is 43.8 Å². The van der Waals surface area contributed by atoms with Crippen LogP contribution in [0, 0.1) is 13.8 Å². The lowest BCUT2D eigenvalue weighted by Gasteiger charge is -2.17. The van der Waals surface area contributed by atoms with Crippen LogP contribution < -0.4 is 0 Å². The maximum atomic E-state index is 4.55. The molecule has 0 aliphatic carbocycles. The lowest BCUT2D eigenvalue weighted by Crippen LogP contribution is -1.92. The highest BCUT2D eigenvalue weighted by molar-refractivity contribution is 6.21. The van der Waals surface area contributed by atoms with Crippen LogP contribution in [0.4, 0.5) is 0 Å². The van der Waals surface area contributed by atoms with Crippen LogP contribution in [0.2, 0.25) is 0 Å². The number of hydrogen-bond acceptors (Lipinski definition) is 2. The highest BCUT2D eigenvalue weighted by atomic mass is 14.7. The molecular weight excluding hydrogens is 340 g/mol. The number of benzene rings is 3. The maximum absolute atomic E-state index is 4.55. The van der Waals surface area contributed by atoms with Gasteiger partial charge < -0.3 is 0 Å². The van der Waals surface area contributed by atoms with Crippen molar-refractivity contribution in [1.82, 2.24) is 9.97 Å². The first-order valence-electron chi connectivity index (χ1n) is 9.52. The van der Waals surface area contributed by atoms with Crippen LogP contribution in [0.15, 0.2) is 85.2 Å². The third-order valence-electron chi connectivity index (χ3n) is 5.33. The summed E-state index contributed by atoms with van der Waals surface area (Å²) >= 11 is 0. The van der Waals surface area contributed by atoms with Crippen LogP contribution in [0.5, 0.6) is 0 Å². The minimum Gasteiger partial charge on any atom is -0.261 e. The first kappa shape index (κ1) is 16.6. The molecule has 5 aromatic rings. The topological polar surface area (TPSA) is 25.8 Å². The van der Waals surface area contributed by atoms with Crippen LogP contribution >= 0.6 is 0 Å². The Bertz CT molecular complexity index is 1140. The molecule has 0 aliphatic rings. The normalized spacial score (nSPS) is 11.2. The number of fused-ring (bicyclic) bond motifs is 2. The number of aromatic nitrogens is 2. The summed E-state index contributed by atoms with van der Waals surface area (Å²) < 4.78 is 0. The zero-order chi connectivity index (χ0) is 19.1. The largest absolute Gasteiger partial charge is 0.261 e. The van der Waals surface area contributed by atoms with Gasteiger partial charge >= 0.3 is 0 Å². The SMILES string of the molecule is Cc1ccc(-c2c3ccccc3c(-c3ccc(C)nc3)c3ccccc23)cn1. The maximum Gasteiger partial charge on any atom is 0.0373 e. The van der Waals surface area contributed by atoms with E-state index in [0.717, 1.165) is 22.5 Å². The van der Waals surface area contributed by atoms with Crippen molar-refractivity contribution < 1.29 is 0 Å². The van der Waals surface area contributed by atoms with Gasteiger partial charge in [-0.25, -0.2) is 0 Å². The molecule has 0 fully saturated rings. The zero-order valence-corrected chi connectivity index (χ0v) is 16.0. The predicted octanol–water partition coefficient (Wildman–Crippen LogP) is 6.73. The van der Waals surface area contributed by atoms with Crippen molar-refractivity contribution in [3.8, 4) is 22.3 Å². The molecule has 0 bridgehead atoms. The summed E-state index contributed by atoms with van der Waals surface area (Å²) in [5.74, 6) is 0. The Labute approximate surface area is 164 Å².